The Balaban J connectivity index is 2.17. The van der Waals surface area contributed by atoms with Crippen LogP contribution in [0.25, 0.3) is 0 Å². The van der Waals surface area contributed by atoms with E-state index in [-0.39, 0.29) is 11.7 Å². The number of carboxylic acid groups (broad SMARTS) is 1. The Morgan fingerprint density at radius 2 is 1.68 bits per heavy atom. The predicted octanol–water partition coefficient (Wildman–Crippen LogP) is 3.58. The van der Waals surface area contributed by atoms with Crippen LogP contribution < -0.4 is 14.8 Å². The summed E-state index contributed by atoms with van der Waals surface area (Å²) in [4.78, 5) is 23.6. The van der Waals surface area contributed by atoms with Crippen molar-refractivity contribution in [2.24, 2.45) is 0 Å². The first kappa shape index (κ1) is 18.3. The smallest absolute Gasteiger partial charge is 0.335 e. The molecule has 2 N–H and O–H groups in total. The second-order valence-corrected chi connectivity index (χ2v) is 5.75. The standard InChI is InChI=1S/C19H21NO5/c1-12(2)24-17-10-9-14(19(22)23)11-16(17)20-18(21)13(3)25-15-7-5-4-6-8-15/h4-13H,1-3H3,(H,20,21)(H,22,23). The zero-order valence-electron chi connectivity index (χ0n) is 14.4. The van der Waals surface area contributed by atoms with Gasteiger partial charge in [-0.1, -0.05) is 18.2 Å². The molecule has 0 saturated heterocycles. The highest BCUT2D eigenvalue weighted by molar-refractivity contribution is 5.97. The van der Waals surface area contributed by atoms with Gasteiger partial charge in [-0.15, -0.1) is 0 Å². The van der Waals surface area contributed by atoms with Crippen LogP contribution in [0.2, 0.25) is 0 Å². The van der Waals surface area contributed by atoms with E-state index in [4.69, 9.17) is 14.6 Å². The molecule has 25 heavy (non-hydrogen) atoms. The van der Waals surface area contributed by atoms with E-state index >= 15 is 0 Å². The summed E-state index contributed by atoms with van der Waals surface area (Å²) in [5, 5.41) is 11.8. The number of ether oxygens (including phenoxy) is 2. The molecule has 0 fully saturated rings. The molecule has 0 heterocycles. The molecule has 0 aliphatic heterocycles. The minimum Gasteiger partial charge on any atom is -0.489 e. The summed E-state index contributed by atoms with van der Waals surface area (Å²) >= 11 is 0. The predicted molar refractivity (Wildman–Crippen MR) is 94.3 cm³/mol. The van der Waals surface area contributed by atoms with Gasteiger partial charge < -0.3 is 19.9 Å². The highest BCUT2D eigenvalue weighted by Gasteiger charge is 2.18. The number of carbonyl (C=O) groups is 2. The van der Waals surface area contributed by atoms with Gasteiger partial charge in [0.25, 0.3) is 5.91 Å². The summed E-state index contributed by atoms with van der Waals surface area (Å²) < 4.78 is 11.2. The summed E-state index contributed by atoms with van der Waals surface area (Å²) in [6.07, 6.45) is -0.882. The summed E-state index contributed by atoms with van der Waals surface area (Å²) in [5.41, 5.74) is 0.352. The first-order chi connectivity index (χ1) is 11.9. The fourth-order valence-electron chi connectivity index (χ4n) is 2.11. The highest BCUT2D eigenvalue weighted by atomic mass is 16.5. The van der Waals surface area contributed by atoms with Crippen molar-refractivity contribution in [3.63, 3.8) is 0 Å². The van der Waals surface area contributed by atoms with Crippen molar-refractivity contribution < 1.29 is 24.2 Å². The fourth-order valence-corrected chi connectivity index (χ4v) is 2.11. The Labute approximate surface area is 146 Å². The van der Waals surface area contributed by atoms with Crippen LogP contribution in [0.1, 0.15) is 31.1 Å². The molecule has 1 atom stereocenters. The van der Waals surface area contributed by atoms with Gasteiger partial charge in [0.2, 0.25) is 0 Å². The third-order valence-corrected chi connectivity index (χ3v) is 3.27. The van der Waals surface area contributed by atoms with Crippen molar-refractivity contribution in [1.29, 1.82) is 0 Å². The number of nitrogens with one attached hydrogen (secondary N) is 1. The summed E-state index contributed by atoms with van der Waals surface area (Å²) in [5.74, 6) is -0.511. The number of hydrogen-bond acceptors (Lipinski definition) is 4. The molecule has 6 heteroatoms. The number of hydrogen-bond donors (Lipinski definition) is 2. The van der Waals surface area contributed by atoms with Crippen molar-refractivity contribution in [1.82, 2.24) is 0 Å². The molecule has 0 aromatic heterocycles. The minimum atomic E-state index is -1.08. The normalized spacial score (nSPS) is 11.7. The van der Waals surface area contributed by atoms with Crippen LogP contribution in [0.15, 0.2) is 48.5 Å². The van der Waals surface area contributed by atoms with Gasteiger partial charge in [-0.3, -0.25) is 4.79 Å². The molecular formula is C19H21NO5. The van der Waals surface area contributed by atoms with E-state index in [0.29, 0.717) is 17.2 Å². The summed E-state index contributed by atoms with van der Waals surface area (Å²) in [6, 6.07) is 13.3. The number of para-hydroxylation sites is 1. The molecule has 132 valence electrons. The highest BCUT2D eigenvalue weighted by Crippen LogP contribution is 2.27. The molecule has 2 aromatic carbocycles. The lowest BCUT2D eigenvalue weighted by atomic mass is 10.1. The monoisotopic (exact) mass is 343 g/mol. The summed E-state index contributed by atoms with van der Waals surface area (Å²) in [7, 11) is 0. The first-order valence-corrected chi connectivity index (χ1v) is 7.93. The van der Waals surface area contributed by atoms with E-state index in [0.717, 1.165) is 0 Å². The van der Waals surface area contributed by atoms with Crippen molar-refractivity contribution in [2.75, 3.05) is 5.32 Å². The Kier molecular flexibility index (Phi) is 6.00. The number of carbonyl (C=O) groups excluding carboxylic acids is 1. The topological polar surface area (TPSA) is 84.9 Å². The van der Waals surface area contributed by atoms with E-state index in [1.165, 1.54) is 18.2 Å². The van der Waals surface area contributed by atoms with Crippen molar-refractivity contribution in [2.45, 2.75) is 33.0 Å². The lowest BCUT2D eigenvalue weighted by Gasteiger charge is -2.18. The number of aromatic carboxylic acids is 1. The van der Waals surface area contributed by atoms with E-state index < -0.39 is 18.0 Å². The van der Waals surface area contributed by atoms with Crippen LogP contribution in [0.5, 0.6) is 11.5 Å². The second kappa shape index (κ2) is 8.19. The molecule has 1 amide bonds. The SMILES string of the molecule is CC(C)Oc1ccc(C(=O)O)cc1NC(=O)C(C)Oc1ccccc1. The molecule has 0 spiro atoms. The Hall–Kier alpha value is -3.02. The van der Waals surface area contributed by atoms with Gasteiger partial charge in [-0.05, 0) is 51.1 Å². The van der Waals surface area contributed by atoms with Crippen molar-refractivity contribution in [3.05, 3.63) is 54.1 Å². The lowest BCUT2D eigenvalue weighted by molar-refractivity contribution is -0.122. The minimum absolute atomic E-state index is 0.0584. The maximum atomic E-state index is 12.4. The molecule has 2 aromatic rings. The van der Waals surface area contributed by atoms with Gasteiger partial charge in [0, 0.05) is 0 Å². The maximum Gasteiger partial charge on any atom is 0.335 e. The Morgan fingerprint density at radius 1 is 1.00 bits per heavy atom. The third kappa shape index (κ3) is 5.24. The van der Waals surface area contributed by atoms with Gasteiger partial charge in [0.1, 0.15) is 11.5 Å². The number of amides is 1. The van der Waals surface area contributed by atoms with Crippen LogP contribution in [0, 0.1) is 0 Å². The van der Waals surface area contributed by atoms with Crippen LogP contribution in [-0.4, -0.2) is 29.2 Å². The molecule has 6 nitrogen and oxygen atoms in total. The van der Waals surface area contributed by atoms with Crippen LogP contribution in [-0.2, 0) is 4.79 Å². The van der Waals surface area contributed by atoms with Gasteiger partial charge in [-0.25, -0.2) is 4.79 Å². The number of rotatable bonds is 7. The van der Waals surface area contributed by atoms with Gasteiger partial charge >= 0.3 is 5.97 Å². The van der Waals surface area contributed by atoms with Gasteiger partial charge in [-0.2, -0.15) is 0 Å². The second-order valence-electron chi connectivity index (χ2n) is 5.75. The molecule has 2 rings (SSSR count). The van der Waals surface area contributed by atoms with Gasteiger partial charge in [0.05, 0.1) is 17.4 Å². The first-order valence-electron chi connectivity index (χ1n) is 7.93. The zero-order chi connectivity index (χ0) is 18.4. The van der Waals surface area contributed by atoms with E-state index in [1.54, 1.807) is 19.1 Å². The van der Waals surface area contributed by atoms with Crippen molar-refractivity contribution in [3.8, 4) is 11.5 Å². The maximum absolute atomic E-state index is 12.4. The van der Waals surface area contributed by atoms with Gasteiger partial charge in [0.15, 0.2) is 6.10 Å². The number of carboxylic acids is 1. The molecule has 0 radical (unpaired) electrons. The molecule has 0 aliphatic carbocycles. The number of anilines is 1. The molecular weight excluding hydrogens is 322 g/mol. The summed E-state index contributed by atoms with van der Waals surface area (Å²) in [6.45, 7) is 5.31. The molecule has 0 bridgehead atoms. The van der Waals surface area contributed by atoms with E-state index in [1.807, 2.05) is 32.0 Å². The fraction of sp³-hybridized carbons (Fsp3) is 0.263. The lowest BCUT2D eigenvalue weighted by Crippen LogP contribution is -2.30. The van der Waals surface area contributed by atoms with Crippen LogP contribution in [0.4, 0.5) is 5.69 Å². The number of benzene rings is 2. The van der Waals surface area contributed by atoms with Crippen molar-refractivity contribution >= 4 is 17.6 Å². The largest absolute Gasteiger partial charge is 0.489 e. The van der Waals surface area contributed by atoms with Crippen LogP contribution >= 0.6 is 0 Å². The molecule has 0 saturated carbocycles. The van der Waals surface area contributed by atoms with E-state index in [9.17, 15) is 9.59 Å². The molecule has 1 unspecified atom stereocenters. The average molecular weight is 343 g/mol. The quantitative estimate of drug-likeness (QED) is 0.803. The Morgan fingerprint density at radius 3 is 2.28 bits per heavy atom. The Bertz CT molecular complexity index is 743. The van der Waals surface area contributed by atoms with E-state index in [2.05, 4.69) is 5.32 Å². The zero-order valence-corrected chi connectivity index (χ0v) is 14.4. The average Bonchev–Trinajstić information content (AvgIpc) is 2.56. The third-order valence-electron chi connectivity index (χ3n) is 3.27. The molecule has 0 aliphatic rings. The van der Waals surface area contributed by atoms with Crippen LogP contribution in [0.3, 0.4) is 0 Å².